The van der Waals surface area contributed by atoms with E-state index in [-0.39, 0.29) is 0 Å². The summed E-state index contributed by atoms with van der Waals surface area (Å²) in [7, 11) is 0. The van der Waals surface area contributed by atoms with Gasteiger partial charge in [-0.2, -0.15) is 0 Å². The second kappa shape index (κ2) is 9.47. The molecule has 5 heteroatoms. The first-order valence-electron chi connectivity index (χ1n) is 10.3. The number of carbonyl (C=O) groups is 2. The zero-order valence-electron chi connectivity index (χ0n) is 18.1. The number of hydrogen-bond donors (Lipinski definition) is 2. The molecule has 0 unspecified atom stereocenters. The lowest BCUT2D eigenvalue weighted by Gasteiger charge is -2.21. The Morgan fingerprint density at radius 3 is 2.26 bits per heavy atom. The molecule has 1 amide bonds. The fraction of sp³-hybridized carbons (Fsp3) is 0.231. The molecule has 3 rings (SSSR count). The molecule has 0 aromatic heterocycles. The summed E-state index contributed by atoms with van der Waals surface area (Å²) in [6.45, 7) is 5.51. The van der Waals surface area contributed by atoms with Crippen LogP contribution in [-0.2, 0) is 17.6 Å². The summed E-state index contributed by atoms with van der Waals surface area (Å²) in [6, 6.07) is 22.8. The maximum absolute atomic E-state index is 12.8. The predicted molar refractivity (Wildman–Crippen MR) is 124 cm³/mol. The number of benzene rings is 3. The number of amides is 1. The number of esters is 1. The van der Waals surface area contributed by atoms with Crippen LogP contribution in [0.2, 0.25) is 0 Å². The van der Waals surface area contributed by atoms with Crippen LogP contribution in [0.1, 0.15) is 52.6 Å². The van der Waals surface area contributed by atoms with Crippen molar-refractivity contribution in [2.45, 2.75) is 39.2 Å². The Bertz CT molecular complexity index is 1070. The average Bonchev–Trinajstić information content (AvgIpc) is 2.72. The van der Waals surface area contributed by atoms with Crippen LogP contribution < -0.4 is 11.1 Å². The van der Waals surface area contributed by atoms with Crippen LogP contribution in [0.5, 0.6) is 0 Å². The molecular formula is C26H28N2O3. The van der Waals surface area contributed by atoms with Crippen molar-refractivity contribution >= 4 is 23.3 Å². The van der Waals surface area contributed by atoms with E-state index < -0.39 is 17.5 Å². The predicted octanol–water partition coefficient (Wildman–Crippen LogP) is 5.27. The summed E-state index contributed by atoms with van der Waals surface area (Å²) in [5.74, 6) is -0.914. The first-order valence-corrected chi connectivity index (χ1v) is 10.3. The number of nitrogens with two attached hydrogens (primary N) is 1. The van der Waals surface area contributed by atoms with Gasteiger partial charge in [-0.3, -0.25) is 4.79 Å². The molecule has 0 fully saturated rings. The number of carbonyl (C=O) groups excluding carboxylic acids is 2. The minimum Gasteiger partial charge on any atom is -0.456 e. The Morgan fingerprint density at radius 2 is 1.58 bits per heavy atom. The van der Waals surface area contributed by atoms with Gasteiger partial charge in [-0.25, -0.2) is 4.79 Å². The zero-order chi connectivity index (χ0) is 22.4. The molecule has 0 spiro atoms. The second-order valence-electron chi connectivity index (χ2n) is 8.44. The third kappa shape index (κ3) is 6.44. The van der Waals surface area contributed by atoms with Gasteiger partial charge in [0.2, 0.25) is 5.91 Å². The fourth-order valence-corrected chi connectivity index (χ4v) is 3.20. The van der Waals surface area contributed by atoms with Crippen molar-refractivity contribution < 1.29 is 14.3 Å². The van der Waals surface area contributed by atoms with Crippen LogP contribution in [0.4, 0.5) is 11.4 Å². The van der Waals surface area contributed by atoms with E-state index in [4.69, 9.17) is 10.5 Å². The summed E-state index contributed by atoms with van der Waals surface area (Å²) >= 11 is 0. The van der Waals surface area contributed by atoms with Crippen molar-refractivity contribution in [1.82, 2.24) is 0 Å². The molecule has 0 heterocycles. The van der Waals surface area contributed by atoms with Gasteiger partial charge in [0.1, 0.15) is 5.60 Å². The number of anilines is 2. The monoisotopic (exact) mass is 416 g/mol. The first-order chi connectivity index (χ1) is 14.7. The number of rotatable bonds is 7. The highest BCUT2D eigenvalue weighted by Crippen LogP contribution is 2.26. The van der Waals surface area contributed by atoms with Crippen molar-refractivity contribution in [2.75, 3.05) is 5.32 Å². The Kier molecular flexibility index (Phi) is 6.75. The molecule has 0 saturated carbocycles. The fourth-order valence-electron chi connectivity index (χ4n) is 3.20. The van der Waals surface area contributed by atoms with E-state index in [1.807, 2.05) is 57.2 Å². The Balaban J connectivity index is 1.90. The summed E-state index contributed by atoms with van der Waals surface area (Å²) in [6.07, 6.45) is 1.72. The van der Waals surface area contributed by atoms with Crippen molar-refractivity contribution in [1.29, 1.82) is 0 Å². The molecule has 3 aromatic carbocycles. The minimum atomic E-state index is -0.605. The number of nitrogens with one attached hydrogen (secondary N) is 1. The Morgan fingerprint density at radius 1 is 0.871 bits per heavy atom. The molecule has 0 saturated heterocycles. The highest BCUT2D eigenvalue weighted by atomic mass is 16.6. The standard InChI is InChI=1S/C26H28N2O3/c1-26(2,3)31-25(30)22-15-14-19(13-12-18-8-5-4-6-9-18)16-23(22)28-21-11-7-10-20(17-21)24(27)29/h4-11,14-17,28H,12-13H2,1-3H3,(H2,27,29). The molecule has 0 aliphatic carbocycles. The first kappa shape index (κ1) is 22.1. The van der Waals surface area contributed by atoms with E-state index >= 15 is 0 Å². The van der Waals surface area contributed by atoms with Crippen LogP contribution in [0.15, 0.2) is 72.8 Å². The molecule has 0 atom stereocenters. The Hall–Kier alpha value is -3.60. The molecule has 0 aliphatic rings. The minimum absolute atomic E-state index is 0.393. The molecule has 0 aliphatic heterocycles. The third-order valence-corrected chi connectivity index (χ3v) is 4.67. The number of hydrogen-bond acceptors (Lipinski definition) is 4. The maximum Gasteiger partial charge on any atom is 0.340 e. The lowest BCUT2D eigenvalue weighted by atomic mass is 10.0. The normalized spacial score (nSPS) is 11.1. The topological polar surface area (TPSA) is 81.4 Å². The van der Waals surface area contributed by atoms with E-state index in [9.17, 15) is 9.59 Å². The van der Waals surface area contributed by atoms with Gasteiger partial charge < -0.3 is 15.8 Å². The van der Waals surface area contributed by atoms with Crippen molar-refractivity contribution in [3.63, 3.8) is 0 Å². The lowest BCUT2D eigenvalue weighted by Crippen LogP contribution is -2.24. The molecule has 31 heavy (non-hydrogen) atoms. The van der Waals surface area contributed by atoms with E-state index in [1.165, 1.54) is 5.56 Å². The summed E-state index contributed by atoms with van der Waals surface area (Å²) < 4.78 is 5.58. The van der Waals surface area contributed by atoms with Gasteiger partial charge in [-0.05, 0) is 75.1 Å². The average molecular weight is 417 g/mol. The summed E-state index contributed by atoms with van der Waals surface area (Å²) in [5.41, 5.74) is 9.26. The summed E-state index contributed by atoms with van der Waals surface area (Å²) in [5, 5.41) is 3.26. The van der Waals surface area contributed by atoms with Crippen LogP contribution in [-0.4, -0.2) is 17.5 Å². The zero-order valence-corrected chi connectivity index (χ0v) is 18.1. The summed E-state index contributed by atoms with van der Waals surface area (Å²) in [4.78, 5) is 24.3. The number of aryl methyl sites for hydroxylation is 2. The van der Waals surface area contributed by atoms with E-state index in [2.05, 4.69) is 17.4 Å². The van der Waals surface area contributed by atoms with Gasteiger partial charge in [0, 0.05) is 11.3 Å². The Labute approximate surface area is 183 Å². The van der Waals surface area contributed by atoms with Crippen molar-refractivity contribution in [3.8, 4) is 0 Å². The van der Waals surface area contributed by atoms with Gasteiger partial charge in [0.25, 0.3) is 0 Å². The molecule has 5 nitrogen and oxygen atoms in total. The van der Waals surface area contributed by atoms with Crippen molar-refractivity contribution in [3.05, 3.63) is 95.1 Å². The quantitative estimate of drug-likeness (QED) is 0.514. The largest absolute Gasteiger partial charge is 0.456 e. The lowest BCUT2D eigenvalue weighted by molar-refractivity contribution is 0.00706. The van der Waals surface area contributed by atoms with E-state index in [0.29, 0.717) is 22.5 Å². The molecule has 0 radical (unpaired) electrons. The molecule has 3 aromatic rings. The SMILES string of the molecule is CC(C)(C)OC(=O)c1ccc(CCc2ccccc2)cc1Nc1cccc(C(N)=O)c1. The highest BCUT2D eigenvalue weighted by molar-refractivity contribution is 5.97. The van der Waals surface area contributed by atoms with Gasteiger partial charge >= 0.3 is 5.97 Å². The van der Waals surface area contributed by atoms with Gasteiger partial charge in [-0.15, -0.1) is 0 Å². The van der Waals surface area contributed by atoms with E-state index in [0.717, 1.165) is 18.4 Å². The van der Waals surface area contributed by atoms with Crippen molar-refractivity contribution in [2.24, 2.45) is 5.73 Å². The maximum atomic E-state index is 12.8. The molecular weight excluding hydrogens is 388 g/mol. The third-order valence-electron chi connectivity index (χ3n) is 4.67. The number of ether oxygens (including phenoxy) is 1. The smallest absolute Gasteiger partial charge is 0.340 e. The van der Waals surface area contributed by atoms with Crippen LogP contribution in [0.25, 0.3) is 0 Å². The van der Waals surface area contributed by atoms with Crippen LogP contribution in [0.3, 0.4) is 0 Å². The van der Waals surface area contributed by atoms with Gasteiger partial charge in [-0.1, -0.05) is 42.5 Å². The molecule has 160 valence electrons. The molecule has 3 N–H and O–H groups in total. The van der Waals surface area contributed by atoms with Gasteiger partial charge in [0.05, 0.1) is 11.3 Å². The molecule has 0 bridgehead atoms. The second-order valence-corrected chi connectivity index (χ2v) is 8.44. The highest BCUT2D eigenvalue weighted by Gasteiger charge is 2.21. The van der Waals surface area contributed by atoms with Crippen LogP contribution >= 0.6 is 0 Å². The number of primary amides is 1. The van der Waals surface area contributed by atoms with E-state index in [1.54, 1.807) is 24.3 Å². The van der Waals surface area contributed by atoms with Crippen LogP contribution in [0, 0.1) is 0 Å². The van der Waals surface area contributed by atoms with Gasteiger partial charge in [0.15, 0.2) is 0 Å².